The van der Waals surface area contributed by atoms with Gasteiger partial charge in [-0.3, -0.25) is 9.48 Å². The average Bonchev–Trinajstić information content (AvgIpc) is 3.08. The van der Waals surface area contributed by atoms with E-state index in [1.165, 1.54) is 18.2 Å². The highest BCUT2D eigenvalue weighted by Crippen LogP contribution is 2.19. The summed E-state index contributed by atoms with van der Waals surface area (Å²) in [4.78, 5) is 23.2. The summed E-state index contributed by atoms with van der Waals surface area (Å²) in [5.74, 6) is -0.771. The molecule has 3 amide bonds. The average molecular weight is 334 g/mol. The zero-order valence-corrected chi connectivity index (χ0v) is 13.3. The fourth-order valence-electron chi connectivity index (χ4n) is 1.91. The van der Waals surface area contributed by atoms with Crippen LogP contribution in [0.15, 0.2) is 30.6 Å². The molecule has 1 aromatic heterocycles. The maximum Gasteiger partial charge on any atom is 0.319 e. The van der Waals surface area contributed by atoms with Crippen molar-refractivity contribution in [1.29, 1.82) is 0 Å². The van der Waals surface area contributed by atoms with E-state index in [0.717, 1.165) is 0 Å². The minimum atomic E-state index is -0.581. The highest BCUT2D eigenvalue weighted by molar-refractivity contribution is 5.93. The van der Waals surface area contributed by atoms with E-state index >= 15 is 0 Å². The van der Waals surface area contributed by atoms with Gasteiger partial charge in [-0.05, 0) is 24.6 Å². The van der Waals surface area contributed by atoms with Gasteiger partial charge in [-0.15, -0.1) is 5.10 Å². The molecule has 2 rings (SSSR count). The lowest BCUT2D eigenvalue weighted by Gasteiger charge is -2.10. The molecule has 0 bridgehead atoms. The van der Waals surface area contributed by atoms with Gasteiger partial charge in [0.2, 0.25) is 5.91 Å². The van der Waals surface area contributed by atoms with Crippen molar-refractivity contribution in [3.05, 3.63) is 36.4 Å². The van der Waals surface area contributed by atoms with Gasteiger partial charge < -0.3 is 16.0 Å². The van der Waals surface area contributed by atoms with Crippen LogP contribution >= 0.6 is 0 Å². The van der Waals surface area contributed by atoms with E-state index in [0.29, 0.717) is 31.6 Å². The van der Waals surface area contributed by atoms with Crippen molar-refractivity contribution in [1.82, 2.24) is 20.3 Å². The Labute approximate surface area is 138 Å². The van der Waals surface area contributed by atoms with Gasteiger partial charge in [0.15, 0.2) is 0 Å². The number of hydrogen-bond donors (Lipinski definition) is 3. The third-order valence-electron chi connectivity index (χ3n) is 3.14. The molecule has 128 valence electrons. The molecule has 1 aromatic carbocycles. The number of hydrogen-bond acceptors (Lipinski definition) is 4. The second-order valence-electron chi connectivity index (χ2n) is 5.00. The Hall–Kier alpha value is -2.97. The van der Waals surface area contributed by atoms with Gasteiger partial charge >= 0.3 is 6.03 Å². The van der Waals surface area contributed by atoms with Crippen molar-refractivity contribution in [2.75, 3.05) is 17.2 Å². The summed E-state index contributed by atoms with van der Waals surface area (Å²) in [6.45, 7) is 2.73. The smallest absolute Gasteiger partial charge is 0.319 e. The Morgan fingerprint density at radius 2 is 2.12 bits per heavy atom. The lowest BCUT2D eigenvalue weighted by Crippen LogP contribution is -2.30. The first kappa shape index (κ1) is 17.4. The number of urea groups is 1. The molecule has 0 saturated heterocycles. The van der Waals surface area contributed by atoms with E-state index in [4.69, 9.17) is 0 Å². The molecule has 0 fully saturated rings. The van der Waals surface area contributed by atoms with Crippen molar-refractivity contribution in [2.24, 2.45) is 0 Å². The van der Waals surface area contributed by atoms with E-state index in [2.05, 4.69) is 26.3 Å². The summed E-state index contributed by atoms with van der Waals surface area (Å²) in [6.07, 6.45) is 4.27. The van der Waals surface area contributed by atoms with Crippen molar-refractivity contribution in [3.8, 4) is 0 Å². The first-order valence-corrected chi connectivity index (χ1v) is 7.57. The molecule has 0 atom stereocenters. The number of amides is 3. The number of aryl methyl sites for hydroxylation is 1. The van der Waals surface area contributed by atoms with E-state index in [1.54, 1.807) is 24.0 Å². The molecule has 1 heterocycles. The fourth-order valence-corrected chi connectivity index (χ4v) is 1.91. The van der Waals surface area contributed by atoms with Crippen LogP contribution in [0.2, 0.25) is 0 Å². The largest absolute Gasteiger partial charge is 0.338 e. The summed E-state index contributed by atoms with van der Waals surface area (Å²) in [7, 11) is 0. The van der Waals surface area contributed by atoms with Crippen LogP contribution in [0, 0.1) is 5.82 Å². The molecule has 0 saturated carbocycles. The number of halogens is 1. The lowest BCUT2D eigenvalue weighted by molar-refractivity contribution is -0.115. The molecular weight excluding hydrogens is 315 g/mol. The number of nitrogens with zero attached hydrogens (tertiary/aromatic N) is 3. The first-order chi connectivity index (χ1) is 11.6. The third kappa shape index (κ3) is 5.34. The van der Waals surface area contributed by atoms with Gasteiger partial charge in [0, 0.05) is 31.4 Å². The van der Waals surface area contributed by atoms with Crippen LogP contribution in [0.5, 0.6) is 0 Å². The lowest BCUT2D eigenvalue weighted by atomic mass is 10.2. The predicted molar refractivity (Wildman–Crippen MR) is 87.0 cm³/mol. The van der Waals surface area contributed by atoms with Crippen LogP contribution in [0.1, 0.15) is 19.8 Å². The molecule has 0 radical (unpaired) electrons. The molecule has 0 aliphatic carbocycles. The van der Waals surface area contributed by atoms with Crippen molar-refractivity contribution in [2.45, 2.75) is 26.3 Å². The van der Waals surface area contributed by atoms with Gasteiger partial charge in [-0.2, -0.15) is 0 Å². The number of rotatable bonds is 7. The van der Waals surface area contributed by atoms with Crippen LogP contribution in [0.25, 0.3) is 0 Å². The molecular formula is C15H19FN6O2. The Balaban J connectivity index is 1.81. The van der Waals surface area contributed by atoms with Crippen molar-refractivity contribution >= 4 is 23.3 Å². The van der Waals surface area contributed by atoms with Crippen molar-refractivity contribution < 1.29 is 14.0 Å². The molecule has 3 N–H and O–H groups in total. The van der Waals surface area contributed by atoms with Gasteiger partial charge in [-0.25, -0.2) is 9.18 Å². The molecule has 0 aliphatic heterocycles. The highest BCUT2D eigenvalue weighted by Gasteiger charge is 2.09. The van der Waals surface area contributed by atoms with Gasteiger partial charge in [0.05, 0.1) is 11.9 Å². The minimum absolute atomic E-state index is 0.00215. The van der Waals surface area contributed by atoms with Crippen LogP contribution in [-0.4, -0.2) is 33.5 Å². The second-order valence-corrected chi connectivity index (χ2v) is 5.00. The van der Waals surface area contributed by atoms with Crippen molar-refractivity contribution in [3.63, 3.8) is 0 Å². The molecule has 0 aliphatic rings. The number of carbonyl (C=O) groups is 2. The predicted octanol–water partition coefficient (Wildman–Crippen LogP) is 1.98. The Kier molecular flexibility index (Phi) is 6.23. The molecule has 2 aromatic rings. The zero-order chi connectivity index (χ0) is 17.4. The van der Waals surface area contributed by atoms with Gasteiger partial charge in [0.25, 0.3) is 0 Å². The third-order valence-corrected chi connectivity index (χ3v) is 3.14. The minimum Gasteiger partial charge on any atom is -0.338 e. The summed E-state index contributed by atoms with van der Waals surface area (Å²) >= 11 is 0. The number of carbonyl (C=O) groups excluding carboxylic acids is 2. The monoisotopic (exact) mass is 334 g/mol. The summed E-state index contributed by atoms with van der Waals surface area (Å²) in [5.41, 5.74) is 0.419. The topological polar surface area (TPSA) is 101 Å². The molecule has 0 unspecified atom stereocenters. The summed E-state index contributed by atoms with van der Waals surface area (Å²) < 4.78 is 15.4. The maximum atomic E-state index is 13.7. The van der Waals surface area contributed by atoms with E-state index in [9.17, 15) is 14.0 Å². The second kappa shape index (κ2) is 8.61. The zero-order valence-electron chi connectivity index (χ0n) is 13.3. The van der Waals surface area contributed by atoms with Gasteiger partial charge in [0.1, 0.15) is 5.82 Å². The molecule has 9 heteroatoms. The van der Waals surface area contributed by atoms with E-state index < -0.39 is 11.8 Å². The standard InChI is InChI=1S/C15H19FN6O2/c1-2-14(23)19-11-4-5-12(16)13(10-11)20-15(24)17-6-3-8-22-9-7-18-21-22/h4-5,7,9-10H,2-3,6,8H2,1H3,(H,19,23)(H2,17,20,24). The van der Waals surface area contributed by atoms with Gasteiger partial charge in [-0.1, -0.05) is 12.1 Å². The van der Waals surface area contributed by atoms with Crippen LogP contribution in [0.4, 0.5) is 20.6 Å². The molecule has 24 heavy (non-hydrogen) atoms. The fraction of sp³-hybridized carbons (Fsp3) is 0.333. The van der Waals surface area contributed by atoms with Crippen LogP contribution in [0.3, 0.4) is 0 Å². The van der Waals surface area contributed by atoms with Crippen LogP contribution < -0.4 is 16.0 Å². The highest BCUT2D eigenvalue weighted by atomic mass is 19.1. The Morgan fingerprint density at radius 1 is 1.29 bits per heavy atom. The molecule has 0 spiro atoms. The maximum absolute atomic E-state index is 13.7. The van der Waals surface area contributed by atoms with E-state index in [-0.39, 0.29) is 11.6 Å². The molecule has 8 nitrogen and oxygen atoms in total. The Morgan fingerprint density at radius 3 is 2.83 bits per heavy atom. The number of nitrogens with one attached hydrogen (secondary N) is 3. The Bertz CT molecular complexity index is 689. The summed E-state index contributed by atoms with van der Waals surface area (Å²) in [6, 6.07) is 3.47. The summed E-state index contributed by atoms with van der Waals surface area (Å²) in [5, 5.41) is 15.1. The SMILES string of the molecule is CCC(=O)Nc1ccc(F)c(NC(=O)NCCCn2ccnn2)c1. The number of aromatic nitrogens is 3. The van der Waals surface area contributed by atoms with Crippen LogP contribution in [-0.2, 0) is 11.3 Å². The quantitative estimate of drug-likeness (QED) is 0.674. The number of benzene rings is 1. The first-order valence-electron chi connectivity index (χ1n) is 7.57. The normalized spacial score (nSPS) is 10.2. The number of anilines is 2. The van der Waals surface area contributed by atoms with E-state index in [1.807, 2.05) is 0 Å².